The van der Waals surface area contributed by atoms with Gasteiger partial charge in [0.15, 0.2) is 0 Å². The van der Waals surface area contributed by atoms with E-state index in [4.69, 9.17) is 14.2 Å². The van der Waals surface area contributed by atoms with Crippen molar-refractivity contribution in [2.45, 2.75) is 47.0 Å². The third-order valence-electron chi connectivity index (χ3n) is 5.70. The SMILES string of the molecule is COc1cc2c(cc1-c1c(C)noc1C)[nH]c1nc(C)nc(Nc3scnc3C(C)(C)C)c12. The van der Waals surface area contributed by atoms with Crippen LogP contribution in [0.4, 0.5) is 10.8 Å². The van der Waals surface area contributed by atoms with E-state index in [1.807, 2.05) is 32.3 Å². The molecule has 0 unspecified atom stereocenters. The van der Waals surface area contributed by atoms with E-state index in [2.05, 4.69) is 52.3 Å². The molecular formula is C24H26N6O2S. The van der Waals surface area contributed by atoms with Gasteiger partial charge in [0, 0.05) is 21.9 Å². The predicted octanol–water partition coefficient (Wildman–Crippen LogP) is 6.20. The Kier molecular flexibility index (Phi) is 4.89. The highest BCUT2D eigenvalue weighted by molar-refractivity contribution is 7.14. The Bertz CT molecular complexity index is 1490. The van der Waals surface area contributed by atoms with E-state index < -0.39 is 0 Å². The molecular weight excluding hydrogens is 436 g/mol. The molecule has 0 aliphatic heterocycles. The second-order valence-corrected chi connectivity index (χ2v) is 10.0. The fourth-order valence-corrected chi connectivity index (χ4v) is 5.12. The molecule has 2 N–H and O–H groups in total. The van der Waals surface area contributed by atoms with Crippen LogP contribution in [0.5, 0.6) is 5.75 Å². The molecule has 4 aromatic heterocycles. The second kappa shape index (κ2) is 7.55. The molecule has 0 aliphatic rings. The van der Waals surface area contributed by atoms with Gasteiger partial charge < -0.3 is 19.6 Å². The fraction of sp³-hybridized carbons (Fsp3) is 0.333. The number of methoxy groups -OCH3 is 1. The highest BCUT2D eigenvalue weighted by Gasteiger charge is 2.24. The zero-order valence-electron chi connectivity index (χ0n) is 19.7. The molecule has 9 heteroatoms. The summed E-state index contributed by atoms with van der Waals surface area (Å²) in [4.78, 5) is 17.5. The summed E-state index contributed by atoms with van der Waals surface area (Å²) in [6, 6.07) is 4.09. The van der Waals surface area contributed by atoms with Gasteiger partial charge in [-0.2, -0.15) is 0 Å². The second-order valence-electron chi connectivity index (χ2n) is 9.17. The van der Waals surface area contributed by atoms with Crippen molar-refractivity contribution in [1.29, 1.82) is 0 Å². The summed E-state index contributed by atoms with van der Waals surface area (Å²) in [6.07, 6.45) is 0. The summed E-state index contributed by atoms with van der Waals surface area (Å²) in [5, 5.41) is 10.5. The molecule has 0 atom stereocenters. The zero-order chi connectivity index (χ0) is 23.5. The molecule has 170 valence electrons. The number of thiazole rings is 1. The van der Waals surface area contributed by atoms with E-state index in [1.165, 1.54) is 0 Å². The Morgan fingerprint density at radius 2 is 1.91 bits per heavy atom. The van der Waals surface area contributed by atoms with Gasteiger partial charge in [0.2, 0.25) is 0 Å². The quantitative estimate of drug-likeness (QED) is 0.328. The lowest BCUT2D eigenvalue weighted by Crippen LogP contribution is -2.13. The number of aromatic amines is 1. The molecule has 0 aliphatic carbocycles. The molecule has 0 fully saturated rings. The predicted molar refractivity (Wildman–Crippen MR) is 132 cm³/mol. The van der Waals surface area contributed by atoms with Crippen molar-refractivity contribution in [3.05, 3.63) is 40.6 Å². The largest absolute Gasteiger partial charge is 0.496 e. The smallest absolute Gasteiger partial charge is 0.144 e. The minimum atomic E-state index is -0.0871. The maximum Gasteiger partial charge on any atom is 0.144 e. The standard InChI is InChI=1S/C24H26N6O2S/c1-11-18(12(2)32-30-11)15-8-16-14(9-17(15)31-7)19-21(28-16)26-13(3)27-22(19)29-23-20(24(4,5)6)25-10-33-23/h8-10H,1-7H3,(H2,26,27,28,29). The normalized spacial score (nSPS) is 12.1. The summed E-state index contributed by atoms with van der Waals surface area (Å²) in [5.74, 6) is 2.90. The van der Waals surface area contributed by atoms with E-state index >= 15 is 0 Å². The summed E-state index contributed by atoms with van der Waals surface area (Å²) in [7, 11) is 1.67. The van der Waals surface area contributed by atoms with Crippen LogP contribution in [0.1, 0.15) is 43.7 Å². The highest BCUT2D eigenvalue weighted by atomic mass is 32.1. The van der Waals surface area contributed by atoms with Crippen LogP contribution in [0, 0.1) is 20.8 Å². The number of rotatable bonds is 4. The van der Waals surface area contributed by atoms with Crippen LogP contribution in [-0.4, -0.2) is 32.2 Å². The van der Waals surface area contributed by atoms with Crippen molar-refractivity contribution in [2.24, 2.45) is 0 Å². The van der Waals surface area contributed by atoms with Crippen molar-refractivity contribution in [3.8, 4) is 16.9 Å². The Morgan fingerprint density at radius 1 is 1.12 bits per heavy atom. The third-order valence-corrected chi connectivity index (χ3v) is 6.44. The van der Waals surface area contributed by atoms with Gasteiger partial charge in [0.05, 0.1) is 35.0 Å². The number of H-pyrrole nitrogens is 1. The topological polar surface area (TPSA) is 102 Å². The minimum Gasteiger partial charge on any atom is -0.496 e. The van der Waals surface area contributed by atoms with E-state index in [0.717, 1.165) is 66.8 Å². The van der Waals surface area contributed by atoms with Crippen LogP contribution in [0.3, 0.4) is 0 Å². The number of ether oxygens (including phenoxy) is 1. The van der Waals surface area contributed by atoms with E-state index in [1.54, 1.807) is 18.4 Å². The summed E-state index contributed by atoms with van der Waals surface area (Å²) < 4.78 is 11.2. The van der Waals surface area contributed by atoms with Gasteiger partial charge in [-0.3, -0.25) is 0 Å². The molecule has 0 saturated carbocycles. The number of aryl methyl sites for hydroxylation is 3. The lowest BCUT2D eigenvalue weighted by Gasteiger charge is -2.18. The first-order valence-electron chi connectivity index (χ1n) is 10.7. The molecule has 0 radical (unpaired) electrons. The number of benzene rings is 1. The molecule has 1 aromatic carbocycles. The van der Waals surface area contributed by atoms with Crippen molar-refractivity contribution < 1.29 is 9.26 Å². The van der Waals surface area contributed by atoms with E-state index in [-0.39, 0.29) is 5.41 Å². The minimum absolute atomic E-state index is 0.0871. The Balaban J connectivity index is 1.74. The molecule has 0 spiro atoms. The van der Waals surface area contributed by atoms with Crippen LogP contribution >= 0.6 is 11.3 Å². The first kappa shape index (κ1) is 21.4. The monoisotopic (exact) mass is 462 g/mol. The van der Waals surface area contributed by atoms with E-state index in [9.17, 15) is 0 Å². The highest BCUT2D eigenvalue weighted by Crippen LogP contribution is 2.42. The summed E-state index contributed by atoms with van der Waals surface area (Å²) in [5.41, 5.74) is 7.16. The number of nitrogens with zero attached hydrogens (tertiary/aromatic N) is 4. The van der Waals surface area contributed by atoms with Crippen LogP contribution in [0.2, 0.25) is 0 Å². The van der Waals surface area contributed by atoms with Gasteiger partial charge in [-0.15, -0.1) is 11.3 Å². The van der Waals surface area contributed by atoms with Gasteiger partial charge in [0.1, 0.15) is 33.8 Å². The van der Waals surface area contributed by atoms with Gasteiger partial charge in [0.25, 0.3) is 0 Å². The van der Waals surface area contributed by atoms with Crippen LogP contribution in [0.25, 0.3) is 33.1 Å². The number of hydrogen-bond donors (Lipinski definition) is 2. The van der Waals surface area contributed by atoms with Gasteiger partial charge in [-0.1, -0.05) is 25.9 Å². The summed E-state index contributed by atoms with van der Waals surface area (Å²) >= 11 is 1.57. The molecule has 33 heavy (non-hydrogen) atoms. The number of aromatic nitrogens is 5. The lowest BCUT2D eigenvalue weighted by molar-refractivity contribution is 0.393. The Morgan fingerprint density at radius 3 is 2.58 bits per heavy atom. The number of anilines is 2. The molecule has 4 heterocycles. The Labute approximate surface area is 195 Å². The van der Waals surface area contributed by atoms with Crippen molar-refractivity contribution in [1.82, 2.24) is 25.1 Å². The molecule has 0 amide bonds. The maximum atomic E-state index is 5.79. The van der Waals surface area contributed by atoms with Gasteiger partial charge in [-0.05, 0) is 32.9 Å². The maximum absolute atomic E-state index is 5.79. The first-order chi connectivity index (χ1) is 15.7. The molecule has 5 aromatic rings. The molecule has 0 saturated heterocycles. The van der Waals surface area contributed by atoms with Gasteiger partial charge >= 0.3 is 0 Å². The van der Waals surface area contributed by atoms with Gasteiger partial charge in [-0.25, -0.2) is 15.0 Å². The zero-order valence-corrected chi connectivity index (χ0v) is 20.6. The van der Waals surface area contributed by atoms with E-state index in [0.29, 0.717) is 5.82 Å². The number of hydrogen-bond acceptors (Lipinski definition) is 8. The average Bonchev–Trinajstić information content (AvgIpc) is 3.43. The average molecular weight is 463 g/mol. The summed E-state index contributed by atoms with van der Waals surface area (Å²) in [6.45, 7) is 12.2. The fourth-order valence-electron chi connectivity index (χ4n) is 4.23. The molecule has 5 rings (SSSR count). The van der Waals surface area contributed by atoms with Crippen molar-refractivity contribution in [3.63, 3.8) is 0 Å². The van der Waals surface area contributed by atoms with Crippen LogP contribution < -0.4 is 10.1 Å². The van der Waals surface area contributed by atoms with Crippen LogP contribution in [0.15, 0.2) is 22.2 Å². The van der Waals surface area contributed by atoms with Crippen molar-refractivity contribution >= 4 is 44.1 Å². The number of nitrogens with one attached hydrogen (secondary N) is 2. The van der Waals surface area contributed by atoms with Crippen molar-refractivity contribution in [2.75, 3.05) is 12.4 Å². The lowest BCUT2D eigenvalue weighted by atomic mass is 9.92. The number of fused-ring (bicyclic) bond motifs is 3. The third kappa shape index (κ3) is 3.52. The first-order valence-corrected chi connectivity index (χ1v) is 11.6. The molecule has 0 bridgehead atoms. The van der Waals surface area contributed by atoms with Crippen LogP contribution in [-0.2, 0) is 5.41 Å². The molecule has 8 nitrogen and oxygen atoms in total. The Hall–Kier alpha value is -3.46.